The van der Waals surface area contributed by atoms with Gasteiger partial charge >= 0.3 is 5.97 Å². The molecular formula is C15H14N2O3. The Balaban J connectivity index is 1.94. The highest BCUT2D eigenvalue weighted by molar-refractivity contribution is 5.69. The van der Waals surface area contributed by atoms with E-state index < -0.39 is 0 Å². The highest BCUT2D eigenvalue weighted by atomic mass is 16.5. The fourth-order valence-corrected chi connectivity index (χ4v) is 1.58. The summed E-state index contributed by atoms with van der Waals surface area (Å²) in [5.41, 5.74) is 2.04. The SMILES string of the molecule is C#CCOC(=O)CCc1nc(-c2ccc(C)cc2)no1. The van der Waals surface area contributed by atoms with E-state index in [2.05, 4.69) is 16.1 Å². The van der Waals surface area contributed by atoms with Crippen LogP contribution < -0.4 is 0 Å². The van der Waals surface area contributed by atoms with E-state index in [1.807, 2.05) is 31.2 Å². The predicted molar refractivity (Wildman–Crippen MR) is 72.6 cm³/mol. The monoisotopic (exact) mass is 270 g/mol. The number of carbonyl (C=O) groups excluding carboxylic acids is 1. The van der Waals surface area contributed by atoms with Gasteiger partial charge in [0.05, 0.1) is 6.42 Å². The van der Waals surface area contributed by atoms with E-state index in [0.29, 0.717) is 18.1 Å². The van der Waals surface area contributed by atoms with Gasteiger partial charge in [-0.05, 0) is 6.92 Å². The van der Waals surface area contributed by atoms with E-state index >= 15 is 0 Å². The fraction of sp³-hybridized carbons (Fsp3) is 0.267. The first-order chi connectivity index (χ1) is 9.69. The molecule has 1 aromatic heterocycles. The van der Waals surface area contributed by atoms with Crippen LogP contribution in [0.25, 0.3) is 11.4 Å². The van der Waals surface area contributed by atoms with Crippen molar-refractivity contribution in [2.45, 2.75) is 19.8 Å². The summed E-state index contributed by atoms with van der Waals surface area (Å²) in [5.74, 6) is 2.77. The van der Waals surface area contributed by atoms with Crippen LogP contribution in [0.1, 0.15) is 17.9 Å². The minimum Gasteiger partial charge on any atom is -0.452 e. The number of aryl methyl sites for hydroxylation is 2. The molecule has 102 valence electrons. The Labute approximate surface area is 117 Å². The van der Waals surface area contributed by atoms with Gasteiger partial charge in [-0.15, -0.1) is 6.42 Å². The molecule has 1 aromatic carbocycles. The summed E-state index contributed by atoms with van der Waals surface area (Å²) < 4.78 is 9.85. The van der Waals surface area contributed by atoms with Crippen molar-refractivity contribution in [2.75, 3.05) is 6.61 Å². The maximum absolute atomic E-state index is 11.3. The van der Waals surface area contributed by atoms with Crippen LogP contribution in [0.2, 0.25) is 0 Å². The number of nitrogens with zero attached hydrogens (tertiary/aromatic N) is 2. The Hall–Kier alpha value is -2.61. The number of rotatable bonds is 5. The quantitative estimate of drug-likeness (QED) is 0.615. The third-order valence-corrected chi connectivity index (χ3v) is 2.64. The van der Waals surface area contributed by atoms with Crippen molar-refractivity contribution in [2.24, 2.45) is 0 Å². The Kier molecular flexibility index (Phi) is 4.51. The fourth-order valence-electron chi connectivity index (χ4n) is 1.58. The molecule has 0 unspecified atom stereocenters. The molecule has 5 nitrogen and oxygen atoms in total. The molecule has 5 heteroatoms. The molecule has 2 aromatic rings. The predicted octanol–water partition coefficient (Wildman–Crippen LogP) is 2.15. The van der Waals surface area contributed by atoms with E-state index in [9.17, 15) is 4.79 Å². The zero-order chi connectivity index (χ0) is 14.4. The average molecular weight is 270 g/mol. The number of hydrogen-bond acceptors (Lipinski definition) is 5. The zero-order valence-electron chi connectivity index (χ0n) is 11.1. The van der Waals surface area contributed by atoms with Gasteiger partial charge in [-0.25, -0.2) is 0 Å². The lowest BCUT2D eigenvalue weighted by molar-refractivity contribution is -0.142. The van der Waals surface area contributed by atoms with Gasteiger partial charge in [-0.3, -0.25) is 4.79 Å². The van der Waals surface area contributed by atoms with Crippen molar-refractivity contribution in [1.82, 2.24) is 10.1 Å². The first-order valence-corrected chi connectivity index (χ1v) is 6.18. The van der Waals surface area contributed by atoms with Crippen LogP contribution in [-0.2, 0) is 16.0 Å². The minimum atomic E-state index is -0.377. The number of carbonyl (C=O) groups is 1. The Morgan fingerprint density at radius 3 is 2.85 bits per heavy atom. The van der Waals surface area contributed by atoms with Crippen molar-refractivity contribution in [3.63, 3.8) is 0 Å². The van der Waals surface area contributed by atoms with Gasteiger partial charge in [0.2, 0.25) is 11.7 Å². The van der Waals surface area contributed by atoms with E-state index in [4.69, 9.17) is 15.7 Å². The second-order valence-electron chi connectivity index (χ2n) is 4.24. The van der Waals surface area contributed by atoms with Crippen LogP contribution >= 0.6 is 0 Å². The van der Waals surface area contributed by atoms with Crippen LogP contribution in [0.4, 0.5) is 0 Å². The van der Waals surface area contributed by atoms with Crippen LogP contribution in [0.3, 0.4) is 0 Å². The van der Waals surface area contributed by atoms with Crippen molar-refractivity contribution >= 4 is 5.97 Å². The van der Waals surface area contributed by atoms with E-state index in [1.54, 1.807) is 0 Å². The number of terminal acetylenes is 1. The maximum atomic E-state index is 11.3. The van der Waals surface area contributed by atoms with Gasteiger partial charge in [0.25, 0.3) is 0 Å². The van der Waals surface area contributed by atoms with Gasteiger partial charge in [0.15, 0.2) is 6.61 Å². The van der Waals surface area contributed by atoms with Crippen molar-refractivity contribution in [1.29, 1.82) is 0 Å². The molecule has 0 N–H and O–H groups in total. The Bertz CT molecular complexity index is 623. The summed E-state index contributed by atoms with van der Waals surface area (Å²) in [7, 11) is 0. The molecule has 0 atom stereocenters. The number of ether oxygens (including phenoxy) is 1. The highest BCUT2D eigenvalue weighted by Crippen LogP contribution is 2.16. The van der Waals surface area contributed by atoms with Crippen LogP contribution in [0, 0.1) is 19.3 Å². The summed E-state index contributed by atoms with van der Waals surface area (Å²) in [4.78, 5) is 15.5. The molecule has 0 aliphatic carbocycles. The first-order valence-electron chi connectivity index (χ1n) is 6.18. The van der Waals surface area contributed by atoms with E-state index in [-0.39, 0.29) is 19.0 Å². The van der Waals surface area contributed by atoms with Gasteiger partial charge in [-0.2, -0.15) is 4.98 Å². The molecule has 20 heavy (non-hydrogen) atoms. The third kappa shape index (κ3) is 3.69. The zero-order valence-corrected chi connectivity index (χ0v) is 11.1. The van der Waals surface area contributed by atoms with Crippen LogP contribution in [-0.4, -0.2) is 22.7 Å². The maximum Gasteiger partial charge on any atom is 0.307 e. The standard InChI is InChI=1S/C15H14N2O3/c1-3-10-19-14(18)9-8-13-16-15(17-20-13)12-6-4-11(2)5-7-12/h1,4-7H,8-10H2,2H3. The molecule has 0 radical (unpaired) electrons. The third-order valence-electron chi connectivity index (χ3n) is 2.64. The summed E-state index contributed by atoms with van der Waals surface area (Å²) in [6, 6.07) is 7.79. The van der Waals surface area contributed by atoms with Crippen molar-refractivity contribution in [3.8, 4) is 23.7 Å². The van der Waals surface area contributed by atoms with Crippen LogP contribution in [0.15, 0.2) is 28.8 Å². The minimum absolute atomic E-state index is 0.0166. The average Bonchev–Trinajstić information content (AvgIpc) is 2.92. The molecule has 0 fully saturated rings. The summed E-state index contributed by atoms with van der Waals surface area (Å²) in [6.07, 6.45) is 5.49. The number of hydrogen-bond donors (Lipinski definition) is 0. The molecule has 0 saturated heterocycles. The molecule has 0 amide bonds. The van der Waals surface area contributed by atoms with Gasteiger partial charge < -0.3 is 9.26 Å². The number of esters is 1. The van der Waals surface area contributed by atoms with Gasteiger partial charge in [0.1, 0.15) is 0 Å². The summed E-state index contributed by atoms with van der Waals surface area (Å²) in [5, 5.41) is 3.89. The molecular weight excluding hydrogens is 256 g/mol. The Morgan fingerprint density at radius 2 is 2.15 bits per heavy atom. The van der Waals surface area contributed by atoms with Crippen molar-refractivity contribution in [3.05, 3.63) is 35.7 Å². The van der Waals surface area contributed by atoms with E-state index in [1.165, 1.54) is 0 Å². The van der Waals surface area contributed by atoms with Gasteiger partial charge in [0, 0.05) is 12.0 Å². The second-order valence-corrected chi connectivity index (χ2v) is 4.24. The van der Waals surface area contributed by atoms with Gasteiger partial charge in [-0.1, -0.05) is 40.9 Å². The van der Waals surface area contributed by atoms with Crippen molar-refractivity contribution < 1.29 is 14.1 Å². The molecule has 1 heterocycles. The number of aromatic nitrogens is 2. The second kappa shape index (κ2) is 6.53. The first kappa shape index (κ1) is 13.8. The topological polar surface area (TPSA) is 65.2 Å². The molecule has 0 saturated carbocycles. The molecule has 0 aliphatic heterocycles. The van der Waals surface area contributed by atoms with Crippen LogP contribution in [0.5, 0.6) is 0 Å². The lowest BCUT2D eigenvalue weighted by atomic mass is 10.1. The normalized spacial score (nSPS) is 10.0. The molecule has 0 aliphatic rings. The Morgan fingerprint density at radius 1 is 1.40 bits per heavy atom. The number of benzene rings is 1. The molecule has 0 spiro atoms. The summed E-state index contributed by atoms with van der Waals surface area (Å²) in [6.45, 7) is 1.99. The largest absolute Gasteiger partial charge is 0.452 e. The smallest absolute Gasteiger partial charge is 0.307 e. The highest BCUT2D eigenvalue weighted by Gasteiger charge is 2.11. The van der Waals surface area contributed by atoms with E-state index in [0.717, 1.165) is 11.1 Å². The molecule has 0 bridgehead atoms. The molecule has 2 rings (SSSR count). The summed E-state index contributed by atoms with van der Waals surface area (Å²) >= 11 is 0. The lowest BCUT2D eigenvalue weighted by Crippen LogP contribution is -2.05. The lowest BCUT2D eigenvalue weighted by Gasteiger charge is -1.97.